The van der Waals surface area contributed by atoms with Gasteiger partial charge in [-0.05, 0) is 61.5 Å². The summed E-state index contributed by atoms with van der Waals surface area (Å²) in [6.45, 7) is 5.53. The van der Waals surface area contributed by atoms with Crippen molar-refractivity contribution in [2.24, 2.45) is 5.10 Å². The van der Waals surface area contributed by atoms with Gasteiger partial charge < -0.3 is 14.2 Å². The molecule has 3 rings (SSSR count). The van der Waals surface area contributed by atoms with Gasteiger partial charge in [0.2, 0.25) is 4.77 Å². The minimum atomic E-state index is 0.239. The summed E-state index contributed by atoms with van der Waals surface area (Å²) in [5.74, 6) is 2.76. The van der Waals surface area contributed by atoms with Gasteiger partial charge in [-0.2, -0.15) is 14.9 Å². The Morgan fingerprint density at radius 1 is 1.07 bits per heavy atom. The van der Waals surface area contributed by atoms with E-state index in [1.165, 1.54) is 0 Å². The fraction of sp³-hybridized carbons (Fsp3) is 0.318. The maximum Gasteiger partial charge on any atom is 0.216 e. The zero-order valence-corrected chi connectivity index (χ0v) is 18.0. The Hall–Kier alpha value is -3.13. The molecule has 1 heterocycles. The normalized spacial score (nSPS) is 11.0. The highest BCUT2D eigenvalue weighted by molar-refractivity contribution is 7.71. The quantitative estimate of drug-likeness (QED) is 0.266. The standard InChI is InChI=1S/C22H26N4O3S/c1-3-5-13-28-19-12-11-17(14-20(19)27-4-2)15-23-26-21(24-25-22(26)30)16-29-18-9-7-6-8-10-18/h6-12,14-15H,3-5,13,16H2,1-2H3,(H,25,30)/b23-15-. The molecule has 0 fully saturated rings. The van der Waals surface area contributed by atoms with Gasteiger partial charge in [-0.15, -0.1) is 0 Å². The fourth-order valence-electron chi connectivity index (χ4n) is 2.64. The first-order valence-electron chi connectivity index (χ1n) is 9.99. The maximum atomic E-state index is 5.82. The number of hydrogen-bond donors (Lipinski definition) is 1. The molecule has 0 amide bonds. The van der Waals surface area contributed by atoms with Crippen molar-refractivity contribution in [3.63, 3.8) is 0 Å². The molecular formula is C22H26N4O3S. The average molecular weight is 427 g/mol. The van der Waals surface area contributed by atoms with Crippen LogP contribution < -0.4 is 14.2 Å². The molecule has 1 aromatic heterocycles. The molecular weight excluding hydrogens is 400 g/mol. The van der Waals surface area contributed by atoms with Crippen molar-refractivity contribution < 1.29 is 14.2 Å². The fourth-order valence-corrected chi connectivity index (χ4v) is 2.84. The molecule has 2 aromatic carbocycles. The third-order valence-corrected chi connectivity index (χ3v) is 4.44. The molecule has 0 spiro atoms. The predicted octanol–water partition coefficient (Wildman–Crippen LogP) is 4.98. The molecule has 0 atom stereocenters. The minimum absolute atomic E-state index is 0.239. The summed E-state index contributed by atoms with van der Waals surface area (Å²) in [5.41, 5.74) is 0.860. The summed E-state index contributed by atoms with van der Waals surface area (Å²) in [6, 6.07) is 15.3. The van der Waals surface area contributed by atoms with Crippen LogP contribution in [-0.4, -0.2) is 34.3 Å². The third-order valence-electron chi connectivity index (χ3n) is 4.17. The lowest BCUT2D eigenvalue weighted by atomic mass is 10.2. The Morgan fingerprint density at radius 2 is 1.90 bits per heavy atom. The number of aromatic amines is 1. The zero-order valence-electron chi connectivity index (χ0n) is 17.2. The topological polar surface area (TPSA) is 73.7 Å². The van der Waals surface area contributed by atoms with Crippen LogP contribution in [0.5, 0.6) is 17.2 Å². The number of hydrogen-bond acceptors (Lipinski definition) is 6. The van der Waals surface area contributed by atoms with Gasteiger partial charge in [0.05, 0.1) is 19.4 Å². The molecule has 0 radical (unpaired) electrons. The number of unbranched alkanes of at least 4 members (excludes halogenated alkanes) is 1. The second-order valence-corrected chi connectivity index (χ2v) is 6.83. The van der Waals surface area contributed by atoms with Crippen molar-refractivity contribution in [1.29, 1.82) is 0 Å². The first-order valence-corrected chi connectivity index (χ1v) is 10.4. The molecule has 8 heteroatoms. The molecule has 0 unspecified atom stereocenters. The Kier molecular flexibility index (Phi) is 8.02. The molecule has 158 valence electrons. The highest BCUT2D eigenvalue weighted by Crippen LogP contribution is 2.28. The minimum Gasteiger partial charge on any atom is -0.490 e. The van der Waals surface area contributed by atoms with Gasteiger partial charge in [-0.3, -0.25) is 0 Å². The van der Waals surface area contributed by atoms with Gasteiger partial charge in [-0.25, -0.2) is 5.10 Å². The van der Waals surface area contributed by atoms with Gasteiger partial charge in [0.15, 0.2) is 17.3 Å². The van der Waals surface area contributed by atoms with Gasteiger partial charge in [0.25, 0.3) is 0 Å². The molecule has 30 heavy (non-hydrogen) atoms. The number of rotatable bonds is 11. The van der Waals surface area contributed by atoms with Crippen molar-refractivity contribution in [1.82, 2.24) is 14.9 Å². The van der Waals surface area contributed by atoms with E-state index in [1.807, 2.05) is 55.5 Å². The summed E-state index contributed by atoms with van der Waals surface area (Å²) in [6.07, 6.45) is 3.79. The largest absolute Gasteiger partial charge is 0.490 e. The number of ether oxygens (including phenoxy) is 3. The van der Waals surface area contributed by atoms with Crippen LogP contribution in [0, 0.1) is 4.77 Å². The zero-order chi connectivity index (χ0) is 21.2. The van der Waals surface area contributed by atoms with E-state index in [0.29, 0.717) is 29.6 Å². The van der Waals surface area contributed by atoms with Gasteiger partial charge in [0.1, 0.15) is 12.4 Å². The second-order valence-electron chi connectivity index (χ2n) is 6.44. The summed E-state index contributed by atoms with van der Waals surface area (Å²) in [7, 11) is 0. The van der Waals surface area contributed by atoms with E-state index in [-0.39, 0.29) is 6.61 Å². The van der Waals surface area contributed by atoms with Crippen molar-refractivity contribution in [3.05, 3.63) is 64.7 Å². The van der Waals surface area contributed by atoms with E-state index in [2.05, 4.69) is 22.2 Å². The number of nitrogens with zero attached hydrogens (tertiary/aromatic N) is 3. The van der Waals surface area contributed by atoms with Gasteiger partial charge >= 0.3 is 0 Å². The Morgan fingerprint density at radius 3 is 2.67 bits per heavy atom. The van der Waals surface area contributed by atoms with Crippen LogP contribution in [0.25, 0.3) is 0 Å². The number of benzene rings is 2. The van der Waals surface area contributed by atoms with E-state index in [0.717, 1.165) is 29.9 Å². The van der Waals surface area contributed by atoms with Crippen LogP contribution >= 0.6 is 12.2 Å². The summed E-state index contributed by atoms with van der Waals surface area (Å²) >= 11 is 5.30. The lowest BCUT2D eigenvalue weighted by Crippen LogP contribution is -2.04. The monoisotopic (exact) mass is 426 g/mol. The van der Waals surface area contributed by atoms with Crippen LogP contribution in [0.4, 0.5) is 0 Å². The molecule has 0 bridgehead atoms. The molecule has 0 aliphatic carbocycles. The molecule has 7 nitrogen and oxygen atoms in total. The van der Waals surface area contributed by atoms with Crippen molar-refractivity contribution in [2.45, 2.75) is 33.3 Å². The van der Waals surface area contributed by atoms with E-state index in [9.17, 15) is 0 Å². The van der Waals surface area contributed by atoms with E-state index < -0.39 is 0 Å². The smallest absolute Gasteiger partial charge is 0.216 e. The molecule has 3 aromatic rings. The summed E-state index contributed by atoms with van der Waals surface area (Å²) in [4.78, 5) is 0. The van der Waals surface area contributed by atoms with E-state index in [1.54, 1.807) is 10.9 Å². The van der Waals surface area contributed by atoms with Crippen LogP contribution in [0.2, 0.25) is 0 Å². The first-order chi connectivity index (χ1) is 14.7. The molecule has 0 saturated heterocycles. The second kappa shape index (κ2) is 11.2. The Bertz CT molecular complexity index is 1010. The molecule has 0 aliphatic heterocycles. The predicted molar refractivity (Wildman–Crippen MR) is 119 cm³/mol. The van der Waals surface area contributed by atoms with Gasteiger partial charge in [0, 0.05) is 0 Å². The van der Waals surface area contributed by atoms with E-state index >= 15 is 0 Å². The van der Waals surface area contributed by atoms with E-state index in [4.69, 9.17) is 26.4 Å². The molecule has 1 N–H and O–H groups in total. The number of para-hydroxylation sites is 1. The molecule has 0 saturated carbocycles. The van der Waals surface area contributed by atoms with Crippen molar-refractivity contribution in [2.75, 3.05) is 13.2 Å². The van der Waals surface area contributed by atoms with Gasteiger partial charge in [-0.1, -0.05) is 31.5 Å². The Balaban J connectivity index is 1.74. The van der Waals surface area contributed by atoms with Crippen molar-refractivity contribution >= 4 is 18.4 Å². The SMILES string of the molecule is CCCCOc1ccc(/C=N\n2c(COc3ccccc3)n[nH]c2=S)cc1OCC. The summed E-state index contributed by atoms with van der Waals surface area (Å²) < 4.78 is 19.2. The number of aromatic nitrogens is 3. The van der Waals surface area contributed by atoms with Crippen LogP contribution in [0.15, 0.2) is 53.6 Å². The third kappa shape index (κ3) is 5.93. The first kappa shape index (κ1) is 21.6. The highest BCUT2D eigenvalue weighted by Gasteiger charge is 2.08. The average Bonchev–Trinajstić information content (AvgIpc) is 3.12. The molecule has 0 aliphatic rings. The van der Waals surface area contributed by atoms with Crippen molar-refractivity contribution in [3.8, 4) is 17.2 Å². The number of nitrogens with one attached hydrogen (secondary N) is 1. The Labute approximate surface area is 181 Å². The maximum absolute atomic E-state index is 5.82. The summed E-state index contributed by atoms with van der Waals surface area (Å²) in [5, 5.41) is 11.4. The van der Waals surface area contributed by atoms with Crippen LogP contribution in [0.1, 0.15) is 38.1 Å². The lowest BCUT2D eigenvalue weighted by Gasteiger charge is -2.12. The van der Waals surface area contributed by atoms with Crippen LogP contribution in [-0.2, 0) is 6.61 Å². The lowest BCUT2D eigenvalue weighted by molar-refractivity contribution is 0.272. The number of H-pyrrole nitrogens is 1. The highest BCUT2D eigenvalue weighted by atomic mass is 32.1. The van der Waals surface area contributed by atoms with Crippen LogP contribution in [0.3, 0.4) is 0 Å².